The van der Waals surface area contributed by atoms with E-state index in [4.69, 9.17) is 5.73 Å². The van der Waals surface area contributed by atoms with Crippen molar-refractivity contribution in [2.45, 2.75) is 26.3 Å². The molecular weight excluding hydrogens is 256 g/mol. The van der Waals surface area contributed by atoms with Crippen LogP contribution in [-0.4, -0.2) is 11.9 Å². The number of rotatable bonds is 3. The van der Waals surface area contributed by atoms with E-state index in [0.29, 0.717) is 0 Å². The Balaban J connectivity index is 2.89. The van der Waals surface area contributed by atoms with Gasteiger partial charge < -0.3 is 11.1 Å². The van der Waals surface area contributed by atoms with Gasteiger partial charge in [0.1, 0.15) is 0 Å². The molecule has 3 nitrogen and oxygen atoms in total. The van der Waals surface area contributed by atoms with Crippen LogP contribution < -0.4 is 11.1 Å². The van der Waals surface area contributed by atoms with Crippen molar-refractivity contribution in [1.29, 1.82) is 0 Å². The van der Waals surface area contributed by atoms with Crippen molar-refractivity contribution < 1.29 is 4.79 Å². The fourth-order valence-electron chi connectivity index (χ4n) is 1.22. The second-order valence-electron chi connectivity index (χ2n) is 3.43. The molecule has 0 aliphatic heterocycles. The Kier molecular flexibility index (Phi) is 4.29. The fourth-order valence-corrected chi connectivity index (χ4v) is 1.63. The van der Waals surface area contributed by atoms with Crippen LogP contribution in [0.4, 0.5) is 5.69 Å². The minimum atomic E-state index is -0.488. The summed E-state index contributed by atoms with van der Waals surface area (Å²) >= 11 is 3.39. The number of anilines is 1. The third kappa shape index (κ3) is 3.32. The highest BCUT2D eigenvalue weighted by molar-refractivity contribution is 9.10. The van der Waals surface area contributed by atoms with E-state index in [9.17, 15) is 4.79 Å². The topological polar surface area (TPSA) is 55.1 Å². The number of carbonyl (C=O) groups excluding carboxylic acids is 1. The van der Waals surface area contributed by atoms with Crippen molar-refractivity contribution in [3.63, 3.8) is 0 Å². The van der Waals surface area contributed by atoms with Crippen molar-refractivity contribution in [2.24, 2.45) is 5.73 Å². The maximum atomic E-state index is 11.4. The maximum Gasteiger partial charge on any atom is 0.241 e. The quantitative estimate of drug-likeness (QED) is 0.886. The lowest BCUT2D eigenvalue weighted by Crippen LogP contribution is -2.32. The van der Waals surface area contributed by atoms with Gasteiger partial charge in [-0.25, -0.2) is 0 Å². The highest BCUT2D eigenvalue weighted by Gasteiger charge is 2.09. The number of aryl methyl sites for hydroxylation is 1. The first-order chi connectivity index (χ1) is 7.04. The molecule has 0 aliphatic rings. The second kappa shape index (κ2) is 5.28. The molecule has 0 aromatic heterocycles. The summed E-state index contributed by atoms with van der Waals surface area (Å²) in [5.74, 6) is -0.160. The van der Waals surface area contributed by atoms with Gasteiger partial charge >= 0.3 is 0 Å². The zero-order valence-electron chi connectivity index (χ0n) is 8.88. The first kappa shape index (κ1) is 12.2. The van der Waals surface area contributed by atoms with E-state index in [2.05, 4.69) is 21.2 Å². The molecule has 0 saturated carbocycles. The lowest BCUT2D eigenvalue weighted by molar-refractivity contribution is -0.117. The van der Waals surface area contributed by atoms with E-state index in [0.717, 1.165) is 22.1 Å². The van der Waals surface area contributed by atoms with E-state index in [-0.39, 0.29) is 5.91 Å². The largest absolute Gasteiger partial charge is 0.324 e. The molecule has 1 atom stereocenters. The summed E-state index contributed by atoms with van der Waals surface area (Å²) in [6.45, 7) is 3.71. The number of benzene rings is 1. The van der Waals surface area contributed by atoms with Gasteiger partial charge in [0, 0.05) is 10.2 Å². The average Bonchev–Trinajstić information content (AvgIpc) is 2.20. The Hall–Kier alpha value is -0.870. The Morgan fingerprint density at radius 3 is 2.80 bits per heavy atom. The summed E-state index contributed by atoms with van der Waals surface area (Å²) in [5, 5.41) is 2.80. The van der Waals surface area contributed by atoms with Crippen molar-refractivity contribution in [2.75, 3.05) is 5.32 Å². The first-order valence-electron chi connectivity index (χ1n) is 4.89. The molecule has 1 rings (SSSR count). The van der Waals surface area contributed by atoms with E-state index in [1.807, 2.05) is 25.1 Å². The van der Waals surface area contributed by atoms with Crippen LogP contribution in [0.25, 0.3) is 0 Å². The predicted molar refractivity (Wildman–Crippen MR) is 65.8 cm³/mol. The Bertz CT molecular complexity index is 364. The van der Waals surface area contributed by atoms with Crippen molar-refractivity contribution in [1.82, 2.24) is 0 Å². The van der Waals surface area contributed by atoms with Crippen molar-refractivity contribution in [3.8, 4) is 0 Å². The van der Waals surface area contributed by atoms with Gasteiger partial charge in [0.05, 0.1) is 6.04 Å². The third-order valence-corrected chi connectivity index (χ3v) is 2.61. The average molecular weight is 271 g/mol. The molecule has 0 unspecified atom stereocenters. The molecule has 0 radical (unpaired) electrons. The van der Waals surface area contributed by atoms with Gasteiger partial charge in [-0.15, -0.1) is 0 Å². The monoisotopic (exact) mass is 270 g/mol. The lowest BCUT2D eigenvalue weighted by Gasteiger charge is -2.11. The third-order valence-electron chi connectivity index (χ3n) is 2.12. The molecule has 0 fully saturated rings. The van der Waals surface area contributed by atoms with Gasteiger partial charge in [-0.3, -0.25) is 4.79 Å². The van der Waals surface area contributed by atoms with Crippen LogP contribution in [0.2, 0.25) is 0 Å². The molecule has 1 aromatic rings. The highest BCUT2D eigenvalue weighted by atomic mass is 79.9. The number of carbonyl (C=O) groups is 1. The molecule has 1 amide bonds. The summed E-state index contributed by atoms with van der Waals surface area (Å²) in [4.78, 5) is 11.4. The zero-order valence-corrected chi connectivity index (χ0v) is 10.5. The van der Waals surface area contributed by atoms with Crippen LogP contribution in [0.3, 0.4) is 0 Å². The van der Waals surface area contributed by atoms with Crippen LogP contribution in [0.15, 0.2) is 22.7 Å². The number of nitrogens with two attached hydrogens (primary N) is 1. The second-order valence-corrected chi connectivity index (χ2v) is 4.35. The predicted octanol–water partition coefficient (Wildman–Crippen LogP) is 2.30. The molecule has 82 valence electrons. The molecule has 0 bridgehead atoms. The SMILES string of the molecule is CCc1cc(Br)ccc1NC(=O)[C@H](C)N. The summed E-state index contributed by atoms with van der Waals surface area (Å²) in [5.41, 5.74) is 7.42. The molecule has 1 aromatic carbocycles. The van der Waals surface area contributed by atoms with Crippen LogP contribution >= 0.6 is 15.9 Å². The van der Waals surface area contributed by atoms with E-state index >= 15 is 0 Å². The molecule has 0 spiro atoms. The van der Waals surface area contributed by atoms with Crippen LogP contribution in [0.1, 0.15) is 19.4 Å². The van der Waals surface area contributed by atoms with Crippen LogP contribution in [0.5, 0.6) is 0 Å². The first-order valence-corrected chi connectivity index (χ1v) is 5.68. The molecule has 3 N–H and O–H groups in total. The number of halogens is 1. The number of amides is 1. The standard InChI is InChI=1S/C11H15BrN2O/c1-3-8-6-9(12)4-5-10(8)14-11(15)7(2)13/h4-7H,3,13H2,1-2H3,(H,14,15)/t7-/m0/s1. The van der Waals surface area contributed by atoms with E-state index in [1.54, 1.807) is 6.92 Å². The van der Waals surface area contributed by atoms with Crippen molar-refractivity contribution >= 4 is 27.5 Å². The highest BCUT2D eigenvalue weighted by Crippen LogP contribution is 2.21. The van der Waals surface area contributed by atoms with Crippen molar-refractivity contribution in [3.05, 3.63) is 28.2 Å². The maximum absolute atomic E-state index is 11.4. The van der Waals surface area contributed by atoms with Gasteiger partial charge in [-0.2, -0.15) is 0 Å². The molecular formula is C11H15BrN2O. The van der Waals surface area contributed by atoms with Crippen LogP contribution in [0, 0.1) is 0 Å². The Morgan fingerprint density at radius 2 is 2.27 bits per heavy atom. The van der Waals surface area contributed by atoms with Gasteiger partial charge in [-0.05, 0) is 37.1 Å². The van der Waals surface area contributed by atoms with Crippen LogP contribution in [-0.2, 0) is 11.2 Å². The minimum absolute atomic E-state index is 0.160. The lowest BCUT2D eigenvalue weighted by atomic mass is 10.1. The number of hydrogen-bond acceptors (Lipinski definition) is 2. The minimum Gasteiger partial charge on any atom is -0.324 e. The van der Waals surface area contributed by atoms with Gasteiger partial charge in [-0.1, -0.05) is 22.9 Å². The Morgan fingerprint density at radius 1 is 1.60 bits per heavy atom. The molecule has 0 aliphatic carbocycles. The van der Waals surface area contributed by atoms with Gasteiger partial charge in [0.25, 0.3) is 0 Å². The molecule has 15 heavy (non-hydrogen) atoms. The van der Waals surface area contributed by atoms with E-state index in [1.165, 1.54) is 0 Å². The molecule has 0 heterocycles. The summed E-state index contributed by atoms with van der Waals surface area (Å²) in [6, 6.07) is 5.29. The van der Waals surface area contributed by atoms with E-state index < -0.39 is 6.04 Å². The molecule has 4 heteroatoms. The Labute approximate surface area is 98.2 Å². The zero-order chi connectivity index (χ0) is 11.4. The smallest absolute Gasteiger partial charge is 0.241 e. The summed E-state index contributed by atoms with van der Waals surface area (Å²) in [7, 11) is 0. The summed E-state index contributed by atoms with van der Waals surface area (Å²) in [6.07, 6.45) is 0.869. The summed E-state index contributed by atoms with van der Waals surface area (Å²) < 4.78 is 1.01. The number of hydrogen-bond donors (Lipinski definition) is 2. The van der Waals surface area contributed by atoms with Gasteiger partial charge in [0.2, 0.25) is 5.91 Å². The molecule has 0 saturated heterocycles. The fraction of sp³-hybridized carbons (Fsp3) is 0.364. The normalized spacial score (nSPS) is 12.3. The number of nitrogens with one attached hydrogen (secondary N) is 1. The van der Waals surface area contributed by atoms with Gasteiger partial charge in [0.15, 0.2) is 0 Å².